The van der Waals surface area contributed by atoms with Crippen molar-refractivity contribution in [2.75, 3.05) is 20.1 Å². The lowest BCUT2D eigenvalue weighted by molar-refractivity contribution is -0.121. The van der Waals surface area contributed by atoms with Crippen molar-refractivity contribution < 1.29 is 17.6 Å². The quantitative estimate of drug-likeness (QED) is 0.797. The van der Waals surface area contributed by atoms with E-state index in [0.717, 1.165) is 9.87 Å². The van der Waals surface area contributed by atoms with Crippen LogP contribution in [0.3, 0.4) is 0 Å². The number of carbonyl (C=O) groups excluding carboxylic acids is 1. The maximum Gasteiger partial charge on any atom is 0.243 e. The third-order valence-electron chi connectivity index (χ3n) is 3.51. The number of carbonyl (C=O) groups is 1. The molecule has 1 N–H and O–H groups in total. The number of amides is 1. The van der Waals surface area contributed by atoms with Gasteiger partial charge in [-0.25, -0.2) is 12.8 Å². The molecule has 0 radical (unpaired) electrons. The average Bonchev–Trinajstić information content (AvgIpc) is 2.55. The molecule has 0 heterocycles. The number of rotatable bonds is 7. The van der Waals surface area contributed by atoms with Crippen molar-refractivity contribution in [3.05, 3.63) is 64.9 Å². The summed E-state index contributed by atoms with van der Waals surface area (Å²) in [5.41, 5.74) is 0.752. The van der Waals surface area contributed by atoms with E-state index in [2.05, 4.69) is 5.32 Å². The van der Waals surface area contributed by atoms with Gasteiger partial charge in [0.2, 0.25) is 15.9 Å². The first-order valence-corrected chi connectivity index (χ1v) is 9.34. The molecule has 0 aliphatic carbocycles. The van der Waals surface area contributed by atoms with Crippen LogP contribution in [0.15, 0.2) is 53.4 Å². The highest BCUT2D eigenvalue weighted by atomic mass is 35.5. The second kappa shape index (κ2) is 8.42. The van der Waals surface area contributed by atoms with Gasteiger partial charge in [-0.3, -0.25) is 4.79 Å². The minimum atomic E-state index is -3.77. The minimum absolute atomic E-state index is 0.0620. The summed E-state index contributed by atoms with van der Waals surface area (Å²) in [6.45, 7) is -0.0226. The smallest absolute Gasteiger partial charge is 0.243 e. The number of hydrogen-bond acceptors (Lipinski definition) is 3. The van der Waals surface area contributed by atoms with Crippen molar-refractivity contribution in [3.63, 3.8) is 0 Å². The first-order valence-electron chi connectivity index (χ1n) is 7.52. The molecule has 2 aromatic rings. The lowest BCUT2D eigenvalue weighted by Gasteiger charge is -2.17. The number of benzene rings is 2. The number of likely N-dealkylation sites (N-methyl/N-ethyl adjacent to an activating group) is 1. The number of nitrogens with one attached hydrogen (secondary N) is 1. The SMILES string of the molecule is CN(CC(=O)NCCc1cccc(F)c1)S(=O)(=O)c1ccc(Cl)cc1. The van der Waals surface area contributed by atoms with Gasteiger partial charge in [0.05, 0.1) is 11.4 Å². The molecule has 0 saturated heterocycles. The molecule has 0 spiro atoms. The molecular formula is C17H18ClFN2O3S. The van der Waals surface area contributed by atoms with Crippen LogP contribution in [0.5, 0.6) is 0 Å². The molecule has 5 nitrogen and oxygen atoms in total. The van der Waals surface area contributed by atoms with Crippen molar-refractivity contribution in [1.29, 1.82) is 0 Å². The van der Waals surface area contributed by atoms with Crippen LogP contribution in [-0.4, -0.2) is 38.8 Å². The molecule has 0 unspecified atom stereocenters. The monoisotopic (exact) mass is 384 g/mol. The van der Waals surface area contributed by atoms with Gasteiger partial charge in [-0.1, -0.05) is 23.7 Å². The molecular weight excluding hydrogens is 367 g/mol. The Hall–Kier alpha value is -1.96. The molecule has 25 heavy (non-hydrogen) atoms. The average molecular weight is 385 g/mol. The number of sulfonamides is 1. The first kappa shape index (κ1) is 19.4. The summed E-state index contributed by atoms with van der Waals surface area (Å²) in [5.74, 6) is -0.769. The van der Waals surface area contributed by atoms with Gasteiger partial charge in [0, 0.05) is 18.6 Å². The fraction of sp³-hybridized carbons (Fsp3) is 0.235. The molecule has 1 amide bonds. The van der Waals surface area contributed by atoms with Crippen LogP contribution in [0, 0.1) is 5.82 Å². The highest BCUT2D eigenvalue weighted by Crippen LogP contribution is 2.17. The molecule has 0 saturated carbocycles. The second-order valence-electron chi connectivity index (χ2n) is 5.44. The van der Waals surface area contributed by atoms with Gasteiger partial charge < -0.3 is 5.32 Å². The zero-order chi connectivity index (χ0) is 18.4. The van der Waals surface area contributed by atoms with Crippen LogP contribution >= 0.6 is 11.6 Å². The summed E-state index contributed by atoms with van der Waals surface area (Å²) in [6, 6.07) is 11.8. The van der Waals surface area contributed by atoms with E-state index in [9.17, 15) is 17.6 Å². The normalized spacial score (nSPS) is 11.5. The van der Waals surface area contributed by atoms with Gasteiger partial charge in [0.1, 0.15) is 5.82 Å². The highest BCUT2D eigenvalue weighted by Gasteiger charge is 2.22. The fourth-order valence-electron chi connectivity index (χ4n) is 2.17. The van der Waals surface area contributed by atoms with Crippen molar-refractivity contribution in [3.8, 4) is 0 Å². The predicted molar refractivity (Wildman–Crippen MR) is 94.4 cm³/mol. The van der Waals surface area contributed by atoms with Crippen LogP contribution < -0.4 is 5.32 Å². The van der Waals surface area contributed by atoms with Crippen LogP contribution in [0.2, 0.25) is 5.02 Å². The highest BCUT2D eigenvalue weighted by molar-refractivity contribution is 7.89. The van der Waals surface area contributed by atoms with Crippen molar-refractivity contribution >= 4 is 27.5 Å². The number of nitrogens with zero attached hydrogens (tertiary/aromatic N) is 1. The van der Waals surface area contributed by atoms with Gasteiger partial charge >= 0.3 is 0 Å². The minimum Gasteiger partial charge on any atom is -0.355 e. The fourth-order valence-corrected chi connectivity index (χ4v) is 3.42. The van der Waals surface area contributed by atoms with Crippen molar-refractivity contribution in [1.82, 2.24) is 9.62 Å². The van der Waals surface area contributed by atoms with E-state index >= 15 is 0 Å². The van der Waals surface area contributed by atoms with Gasteiger partial charge in [0.15, 0.2) is 0 Å². The predicted octanol–water partition coefficient (Wildman–Crippen LogP) is 2.46. The molecule has 2 aromatic carbocycles. The molecule has 134 valence electrons. The van der Waals surface area contributed by atoms with Gasteiger partial charge in [-0.2, -0.15) is 4.31 Å². The Morgan fingerprint density at radius 1 is 1.20 bits per heavy atom. The summed E-state index contributed by atoms with van der Waals surface area (Å²) in [7, 11) is -2.44. The molecule has 0 aliphatic rings. The summed E-state index contributed by atoms with van der Waals surface area (Å²) >= 11 is 5.75. The molecule has 0 bridgehead atoms. The maximum atomic E-state index is 13.1. The third kappa shape index (κ3) is 5.52. The largest absolute Gasteiger partial charge is 0.355 e. The Kier molecular flexibility index (Phi) is 6.52. The van der Waals surface area contributed by atoms with E-state index in [1.54, 1.807) is 12.1 Å². The van der Waals surface area contributed by atoms with Crippen LogP contribution in [0.25, 0.3) is 0 Å². The Morgan fingerprint density at radius 3 is 2.52 bits per heavy atom. The van der Waals surface area contributed by atoms with Crippen LogP contribution in [0.1, 0.15) is 5.56 Å². The van der Waals surface area contributed by atoms with E-state index in [-0.39, 0.29) is 23.8 Å². The maximum absolute atomic E-state index is 13.1. The van der Waals surface area contributed by atoms with Crippen molar-refractivity contribution in [2.24, 2.45) is 0 Å². The van der Waals surface area contributed by atoms with E-state index in [1.807, 2.05) is 0 Å². The molecule has 0 aliphatic heterocycles. The topological polar surface area (TPSA) is 66.5 Å². The number of hydrogen-bond donors (Lipinski definition) is 1. The first-order chi connectivity index (χ1) is 11.8. The van der Waals surface area contributed by atoms with Crippen molar-refractivity contribution in [2.45, 2.75) is 11.3 Å². The standard InChI is InChI=1S/C17H18ClFN2O3S/c1-21(25(23,24)16-7-5-14(18)6-8-16)12-17(22)20-10-9-13-3-2-4-15(19)11-13/h2-8,11H,9-10,12H2,1H3,(H,20,22). The van der Waals surface area contributed by atoms with E-state index in [1.165, 1.54) is 43.4 Å². The zero-order valence-corrected chi connectivity index (χ0v) is 15.1. The summed E-state index contributed by atoms with van der Waals surface area (Å²) in [5, 5.41) is 3.05. The summed E-state index contributed by atoms with van der Waals surface area (Å²) in [4.78, 5) is 12.0. The van der Waals surface area contributed by atoms with Gasteiger partial charge in [-0.15, -0.1) is 0 Å². The summed E-state index contributed by atoms with van der Waals surface area (Å²) in [6.07, 6.45) is 0.456. The molecule has 8 heteroatoms. The molecule has 0 fully saturated rings. The van der Waals surface area contributed by atoms with Crippen LogP contribution in [0.4, 0.5) is 4.39 Å². The van der Waals surface area contributed by atoms with E-state index in [4.69, 9.17) is 11.6 Å². The number of halogens is 2. The second-order valence-corrected chi connectivity index (χ2v) is 7.93. The molecule has 0 atom stereocenters. The molecule has 0 aromatic heterocycles. The Labute approximate surface area is 151 Å². The van der Waals surface area contributed by atoms with Gasteiger partial charge in [-0.05, 0) is 48.4 Å². The lowest BCUT2D eigenvalue weighted by Crippen LogP contribution is -2.39. The lowest BCUT2D eigenvalue weighted by atomic mass is 10.1. The Bertz CT molecular complexity index is 841. The third-order valence-corrected chi connectivity index (χ3v) is 5.58. The Balaban J connectivity index is 1.87. The van der Waals surface area contributed by atoms with E-state index < -0.39 is 15.9 Å². The molecule has 2 rings (SSSR count). The van der Waals surface area contributed by atoms with Gasteiger partial charge in [0.25, 0.3) is 0 Å². The summed E-state index contributed by atoms with van der Waals surface area (Å²) < 4.78 is 38.8. The Morgan fingerprint density at radius 2 is 1.88 bits per heavy atom. The van der Waals surface area contributed by atoms with Crippen LogP contribution in [-0.2, 0) is 21.2 Å². The zero-order valence-electron chi connectivity index (χ0n) is 13.6. The van der Waals surface area contributed by atoms with E-state index in [0.29, 0.717) is 11.4 Å².